The predicted molar refractivity (Wildman–Crippen MR) is 121 cm³/mol. The van der Waals surface area contributed by atoms with Crippen molar-refractivity contribution in [3.8, 4) is 11.5 Å². The second-order valence-electron chi connectivity index (χ2n) is 7.04. The molecule has 166 valence electrons. The number of piperidine rings is 1. The summed E-state index contributed by atoms with van der Waals surface area (Å²) in [7, 11) is -0.753. The summed E-state index contributed by atoms with van der Waals surface area (Å²) in [6, 6.07) is 9.71. The first kappa shape index (κ1) is 23.1. The van der Waals surface area contributed by atoms with E-state index in [9.17, 15) is 13.2 Å². The third-order valence-corrected chi connectivity index (χ3v) is 7.12. The smallest absolute Gasteiger partial charge is 0.248 e. The Bertz CT molecular complexity index is 1080. The van der Waals surface area contributed by atoms with Crippen LogP contribution < -0.4 is 14.8 Å². The largest absolute Gasteiger partial charge is 0.495 e. The summed E-state index contributed by atoms with van der Waals surface area (Å²) in [4.78, 5) is 12.5. The van der Waals surface area contributed by atoms with Gasteiger partial charge in [-0.15, -0.1) is 0 Å². The molecule has 0 radical (unpaired) electrons. The molecule has 1 N–H and O–H groups in total. The number of hydrogen-bond donors (Lipinski definition) is 1. The van der Waals surface area contributed by atoms with Gasteiger partial charge >= 0.3 is 0 Å². The van der Waals surface area contributed by atoms with Crippen LogP contribution in [-0.2, 0) is 14.8 Å². The summed E-state index contributed by atoms with van der Waals surface area (Å²) in [6.45, 7) is 0.991. The van der Waals surface area contributed by atoms with Crippen LogP contribution in [0.4, 0.5) is 5.69 Å². The number of halogens is 1. The van der Waals surface area contributed by atoms with Gasteiger partial charge in [0.15, 0.2) is 0 Å². The molecule has 7 nitrogen and oxygen atoms in total. The molecule has 2 aromatic rings. The molecule has 1 aliphatic rings. The summed E-state index contributed by atoms with van der Waals surface area (Å²) < 4.78 is 38.2. The van der Waals surface area contributed by atoms with E-state index in [2.05, 4.69) is 5.32 Å². The van der Waals surface area contributed by atoms with Gasteiger partial charge in [-0.25, -0.2) is 8.42 Å². The second-order valence-corrected chi connectivity index (χ2v) is 9.39. The lowest BCUT2D eigenvalue weighted by molar-refractivity contribution is -0.111. The third kappa shape index (κ3) is 5.58. The second kappa shape index (κ2) is 10.2. The van der Waals surface area contributed by atoms with Crippen molar-refractivity contribution < 1.29 is 22.7 Å². The van der Waals surface area contributed by atoms with E-state index in [0.29, 0.717) is 35.1 Å². The van der Waals surface area contributed by atoms with Gasteiger partial charge < -0.3 is 14.8 Å². The summed E-state index contributed by atoms with van der Waals surface area (Å²) in [5, 5.41) is 3.17. The first-order valence-electron chi connectivity index (χ1n) is 9.86. The molecular formula is C22H25ClN2O5S. The van der Waals surface area contributed by atoms with Crippen molar-refractivity contribution in [1.29, 1.82) is 0 Å². The van der Waals surface area contributed by atoms with Crippen LogP contribution in [0.5, 0.6) is 11.5 Å². The van der Waals surface area contributed by atoms with Crippen molar-refractivity contribution in [2.24, 2.45) is 0 Å². The van der Waals surface area contributed by atoms with Gasteiger partial charge in [-0.1, -0.05) is 24.1 Å². The molecule has 1 heterocycles. The van der Waals surface area contributed by atoms with Crippen molar-refractivity contribution in [3.63, 3.8) is 0 Å². The summed E-state index contributed by atoms with van der Waals surface area (Å²) >= 11 is 5.99. The minimum Gasteiger partial charge on any atom is -0.495 e. The number of benzene rings is 2. The van der Waals surface area contributed by atoms with Crippen LogP contribution in [0.3, 0.4) is 0 Å². The zero-order valence-electron chi connectivity index (χ0n) is 17.4. The SMILES string of the molecule is COc1ccc(Cl)cc1NC(=O)/C=C/c1ccc(OC)c(S(=O)(=O)N2CCCCC2)c1. The Hall–Kier alpha value is -2.55. The van der Waals surface area contributed by atoms with Gasteiger partial charge in [0.2, 0.25) is 15.9 Å². The standard InChI is InChI=1S/C22H25ClN2O5S/c1-29-19-10-8-17(23)15-18(19)24-22(26)11-7-16-6-9-20(30-2)21(14-16)31(27,28)25-12-4-3-5-13-25/h6-11,14-15H,3-5,12-13H2,1-2H3,(H,24,26)/b11-7+. The maximum absolute atomic E-state index is 13.1. The molecule has 1 saturated heterocycles. The average molecular weight is 465 g/mol. The highest BCUT2D eigenvalue weighted by Crippen LogP contribution is 2.30. The normalized spacial score (nSPS) is 15.1. The molecule has 1 amide bonds. The molecule has 0 aliphatic carbocycles. The molecule has 0 aromatic heterocycles. The van der Waals surface area contributed by atoms with Crippen molar-refractivity contribution in [2.45, 2.75) is 24.2 Å². The Morgan fingerprint density at radius 1 is 1.03 bits per heavy atom. The Balaban J connectivity index is 1.82. The minimum absolute atomic E-state index is 0.0935. The Kier molecular flexibility index (Phi) is 7.59. The third-order valence-electron chi connectivity index (χ3n) is 4.97. The lowest BCUT2D eigenvalue weighted by Gasteiger charge is -2.26. The fourth-order valence-corrected chi connectivity index (χ4v) is 5.25. The average Bonchev–Trinajstić information content (AvgIpc) is 2.78. The number of carbonyl (C=O) groups is 1. The molecule has 31 heavy (non-hydrogen) atoms. The molecule has 1 fully saturated rings. The van der Waals surface area contributed by atoms with E-state index in [-0.39, 0.29) is 10.6 Å². The van der Waals surface area contributed by atoms with Crippen LogP contribution in [0, 0.1) is 0 Å². The predicted octanol–water partition coefficient (Wildman–Crippen LogP) is 4.18. The van der Waals surface area contributed by atoms with Crippen LogP contribution in [0.2, 0.25) is 5.02 Å². The first-order chi connectivity index (χ1) is 14.8. The number of nitrogens with zero attached hydrogens (tertiary/aromatic N) is 1. The minimum atomic E-state index is -3.69. The molecule has 0 unspecified atom stereocenters. The number of amides is 1. The van der Waals surface area contributed by atoms with Gasteiger partial charge in [0.25, 0.3) is 0 Å². The molecule has 0 saturated carbocycles. The van der Waals surface area contributed by atoms with Crippen LogP contribution in [0.1, 0.15) is 24.8 Å². The highest BCUT2D eigenvalue weighted by atomic mass is 35.5. The monoisotopic (exact) mass is 464 g/mol. The Morgan fingerprint density at radius 3 is 2.39 bits per heavy atom. The first-order valence-corrected chi connectivity index (χ1v) is 11.7. The number of hydrogen-bond acceptors (Lipinski definition) is 5. The fraction of sp³-hybridized carbons (Fsp3) is 0.318. The lowest BCUT2D eigenvalue weighted by Crippen LogP contribution is -2.35. The number of rotatable bonds is 7. The Morgan fingerprint density at radius 2 is 1.71 bits per heavy atom. The summed E-state index contributed by atoms with van der Waals surface area (Å²) in [5.74, 6) is 0.346. The highest BCUT2D eigenvalue weighted by Gasteiger charge is 2.29. The van der Waals surface area contributed by atoms with Gasteiger partial charge in [0, 0.05) is 24.2 Å². The fourth-order valence-electron chi connectivity index (χ4n) is 3.37. The van der Waals surface area contributed by atoms with E-state index in [0.717, 1.165) is 19.3 Å². The van der Waals surface area contributed by atoms with Gasteiger partial charge in [-0.2, -0.15) is 4.31 Å². The number of methoxy groups -OCH3 is 2. The maximum Gasteiger partial charge on any atom is 0.248 e. The zero-order valence-corrected chi connectivity index (χ0v) is 19.0. The van der Waals surface area contributed by atoms with Crippen molar-refractivity contribution in [3.05, 3.63) is 53.1 Å². The van der Waals surface area contributed by atoms with E-state index in [1.807, 2.05) is 0 Å². The van der Waals surface area contributed by atoms with Gasteiger partial charge in [0.05, 0.1) is 19.9 Å². The number of sulfonamides is 1. The van der Waals surface area contributed by atoms with Gasteiger partial charge in [-0.3, -0.25) is 4.79 Å². The van der Waals surface area contributed by atoms with E-state index >= 15 is 0 Å². The molecule has 2 aromatic carbocycles. The van der Waals surface area contributed by atoms with E-state index in [1.54, 1.807) is 36.4 Å². The molecule has 3 rings (SSSR count). The van der Waals surface area contributed by atoms with Crippen LogP contribution in [0.25, 0.3) is 6.08 Å². The van der Waals surface area contributed by atoms with E-state index in [4.69, 9.17) is 21.1 Å². The number of carbonyl (C=O) groups excluding carboxylic acids is 1. The topological polar surface area (TPSA) is 84.9 Å². The molecule has 0 atom stereocenters. The maximum atomic E-state index is 13.1. The van der Waals surface area contributed by atoms with Crippen molar-refractivity contribution in [1.82, 2.24) is 4.31 Å². The van der Waals surface area contributed by atoms with E-state index < -0.39 is 15.9 Å². The highest BCUT2D eigenvalue weighted by molar-refractivity contribution is 7.89. The molecule has 0 bridgehead atoms. The molecule has 1 aliphatic heterocycles. The lowest BCUT2D eigenvalue weighted by atomic mass is 10.2. The number of nitrogens with one attached hydrogen (secondary N) is 1. The summed E-state index contributed by atoms with van der Waals surface area (Å²) in [5.41, 5.74) is 0.998. The molecule has 9 heteroatoms. The molecular weight excluding hydrogens is 440 g/mol. The van der Waals surface area contributed by atoms with Crippen LogP contribution in [0.15, 0.2) is 47.4 Å². The number of anilines is 1. The van der Waals surface area contributed by atoms with Gasteiger partial charge in [0.1, 0.15) is 16.4 Å². The zero-order chi connectivity index (χ0) is 22.4. The van der Waals surface area contributed by atoms with Crippen molar-refractivity contribution >= 4 is 39.3 Å². The Labute approximate surface area is 187 Å². The quantitative estimate of drug-likeness (QED) is 0.621. The van der Waals surface area contributed by atoms with Crippen LogP contribution >= 0.6 is 11.6 Å². The molecule has 0 spiro atoms. The summed E-state index contributed by atoms with van der Waals surface area (Å²) in [6.07, 6.45) is 5.57. The van der Waals surface area contributed by atoms with Crippen LogP contribution in [-0.4, -0.2) is 45.9 Å². The van der Waals surface area contributed by atoms with Crippen molar-refractivity contribution in [2.75, 3.05) is 32.6 Å². The van der Waals surface area contributed by atoms with E-state index in [1.165, 1.54) is 30.7 Å². The number of ether oxygens (including phenoxy) is 2. The van der Waals surface area contributed by atoms with Gasteiger partial charge in [-0.05, 0) is 54.8 Å².